The smallest absolute Gasteiger partial charge is 0.0774 e. The molecular weight excluding hydrogens is 262 g/mol. The Labute approximate surface area is 124 Å². The summed E-state index contributed by atoms with van der Waals surface area (Å²) in [5.41, 5.74) is 4.26. The Morgan fingerprint density at radius 1 is 1.05 bits per heavy atom. The molecule has 1 saturated heterocycles. The van der Waals surface area contributed by atoms with Crippen LogP contribution in [0.5, 0.6) is 0 Å². The zero-order chi connectivity index (χ0) is 14.5. The van der Waals surface area contributed by atoms with E-state index in [1.807, 2.05) is 18.3 Å². The minimum Gasteiger partial charge on any atom is -0.378 e. The van der Waals surface area contributed by atoms with Crippen LogP contribution in [-0.2, 0) is 11.2 Å². The molecule has 1 aliphatic rings. The zero-order valence-corrected chi connectivity index (χ0v) is 11.8. The van der Waals surface area contributed by atoms with Gasteiger partial charge >= 0.3 is 0 Å². The van der Waals surface area contributed by atoms with Crippen LogP contribution in [0.15, 0.2) is 42.6 Å². The van der Waals surface area contributed by atoms with Gasteiger partial charge in [-0.15, -0.1) is 0 Å². The Bertz CT molecular complexity index is 623. The molecule has 0 aliphatic carbocycles. The van der Waals surface area contributed by atoms with Crippen molar-refractivity contribution in [2.75, 3.05) is 31.2 Å². The Balaban J connectivity index is 1.75. The predicted octanol–water partition coefficient (Wildman–Crippen LogP) is 2.65. The second kappa shape index (κ2) is 6.38. The molecule has 0 unspecified atom stereocenters. The van der Waals surface area contributed by atoms with E-state index in [2.05, 4.69) is 40.2 Å². The van der Waals surface area contributed by atoms with E-state index in [1.165, 1.54) is 5.69 Å². The maximum absolute atomic E-state index is 8.66. The third kappa shape index (κ3) is 3.21. The third-order valence-corrected chi connectivity index (χ3v) is 3.66. The van der Waals surface area contributed by atoms with Crippen molar-refractivity contribution in [3.05, 3.63) is 48.3 Å². The minimum atomic E-state index is 0.357. The van der Waals surface area contributed by atoms with Crippen molar-refractivity contribution in [1.82, 2.24) is 4.98 Å². The first kappa shape index (κ1) is 13.6. The summed E-state index contributed by atoms with van der Waals surface area (Å²) in [7, 11) is 0. The van der Waals surface area contributed by atoms with E-state index in [0.717, 1.165) is 43.1 Å². The lowest BCUT2D eigenvalue weighted by Crippen LogP contribution is -2.36. The summed E-state index contributed by atoms with van der Waals surface area (Å²) >= 11 is 0. The molecule has 0 radical (unpaired) electrons. The lowest BCUT2D eigenvalue weighted by Gasteiger charge is -2.28. The number of morpholine rings is 1. The summed E-state index contributed by atoms with van der Waals surface area (Å²) in [6, 6.07) is 14.6. The van der Waals surface area contributed by atoms with Gasteiger partial charge in [-0.3, -0.25) is 4.98 Å². The van der Waals surface area contributed by atoms with Crippen LogP contribution in [-0.4, -0.2) is 31.3 Å². The molecule has 1 aliphatic heterocycles. The van der Waals surface area contributed by atoms with Gasteiger partial charge in [0.1, 0.15) is 0 Å². The van der Waals surface area contributed by atoms with Crippen LogP contribution in [0.1, 0.15) is 5.69 Å². The lowest BCUT2D eigenvalue weighted by molar-refractivity contribution is 0.122. The van der Waals surface area contributed by atoms with Crippen LogP contribution >= 0.6 is 0 Å². The summed E-state index contributed by atoms with van der Waals surface area (Å²) in [6.45, 7) is 3.49. The number of ether oxygens (including phenoxy) is 1. The van der Waals surface area contributed by atoms with Crippen molar-refractivity contribution >= 4 is 5.69 Å². The van der Waals surface area contributed by atoms with Crippen molar-refractivity contribution in [2.24, 2.45) is 0 Å². The first-order chi connectivity index (χ1) is 10.4. The molecule has 1 fully saturated rings. The molecule has 4 nitrogen and oxygen atoms in total. The van der Waals surface area contributed by atoms with E-state index >= 15 is 0 Å². The SMILES string of the molecule is N#CCc1ccc(-c2ccc(N3CCOCC3)cc2)cn1. The van der Waals surface area contributed by atoms with Gasteiger partial charge in [0.25, 0.3) is 0 Å². The highest BCUT2D eigenvalue weighted by Crippen LogP contribution is 2.23. The molecule has 106 valence electrons. The van der Waals surface area contributed by atoms with E-state index in [-0.39, 0.29) is 0 Å². The van der Waals surface area contributed by atoms with Crippen LogP contribution < -0.4 is 4.90 Å². The fourth-order valence-corrected chi connectivity index (χ4v) is 2.47. The van der Waals surface area contributed by atoms with Gasteiger partial charge in [0.05, 0.1) is 31.4 Å². The van der Waals surface area contributed by atoms with E-state index in [4.69, 9.17) is 10.00 Å². The number of benzene rings is 1. The van der Waals surface area contributed by atoms with Crippen molar-refractivity contribution in [1.29, 1.82) is 5.26 Å². The van der Waals surface area contributed by atoms with Crippen LogP contribution in [0.25, 0.3) is 11.1 Å². The highest BCUT2D eigenvalue weighted by molar-refractivity contribution is 5.65. The minimum absolute atomic E-state index is 0.357. The Kier molecular flexibility index (Phi) is 4.13. The van der Waals surface area contributed by atoms with E-state index in [9.17, 15) is 0 Å². The average Bonchev–Trinajstić information content (AvgIpc) is 2.57. The number of nitrogens with zero attached hydrogens (tertiary/aromatic N) is 3. The number of rotatable bonds is 3. The number of anilines is 1. The Hall–Kier alpha value is -2.38. The van der Waals surface area contributed by atoms with Gasteiger partial charge in [-0.25, -0.2) is 0 Å². The van der Waals surface area contributed by atoms with Gasteiger partial charge in [-0.05, 0) is 23.8 Å². The number of hydrogen-bond donors (Lipinski definition) is 0. The van der Waals surface area contributed by atoms with Gasteiger partial charge in [0, 0.05) is 30.5 Å². The molecule has 3 rings (SSSR count). The second-order valence-electron chi connectivity index (χ2n) is 5.02. The van der Waals surface area contributed by atoms with Gasteiger partial charge in [0.15, 0.2) is 0 Å². The maximum atomic E-state index is 8.66. The van der Waals surface area contributed by atoms with Crippen LogP contribution in [0.2, 0.25) is 0 Å². The summed E-state index contributed by atoms with van der Waals surface area (Å²) < 4.78 is 5.37. The molecule has 2 heterocycles. The highest BCUT2D eigenvalue weighted by atomic mass is 16.5. The van der Waals surface area contributed by atoms with Gasteiger partial charge in [-0.2, -0.15) is 5.26 Å². The zero-order valence-electron chi connectivity index (χ0n) is 11.8. The molecule has 0 bridgehead atoms. The first-order valence-electron chi connectivity index (χ1n) is 7.12. The van der Waals surface area contributed by atoms with E-state index < -0.39 is 0 Å². The maximum Gasteiger partial charge on any atom is 0.0774 e. The number of hydrogen-bond acceptors (Lipinski definition) is 4. The third-order valence-electron chi connectivity index (χ3n) is 3.66. The van der Waals surface area contributed by atoms with Crippen molar-refractivity contribution < 1.29 is 4.74 Å². The Morgan fingerprint density at radius 3 is 2.38 bits per heavy atom. The molecule has 0 N–H and O–H groups in total. The molecule has 1 aromatic carbocycles. The number of nitriles is 1. The molecule has 21 heavy (non-hydrogen) atoms. The molecule has 2 aromatic rings. The molecule has 1 aromatic heterocycles. The van der Waals surface area contributed by atoms with E-state index in [1.54, 1.807) is 0 Å². The monoisotopic (exact) mass is 279 g/mol. The van der Waals surface area contributed by atoms with Crippen molar-refractivity contribution in [3.8, 4) is 17.2 Å². The number of pyridine rings is 1. The fourth-order valence-electron chi connectivity index (χ4n) is 2.47. The van der Waals surface area contributed by atoms with Crippen LogP contribution in [0, 0.1) is 11.3 Å². The van der Waals surface area contributed by atoms with Crippen LogP contribution in [0.3, 0.4) is 0 Å². The molecule has 0 atom stereocenters. The van der Waals surface area contributed by atoms with Gasteiger partial charge in [-0.1, -0.05) is 18.2 Å². The normalized spacial score (nSPS) is 14.7. The highest BCUT2D eigenvalue weighted by Gasteiger charge is 2.10. The topological polar surface area (TPSA) is 49.2 Å². The van der Waals surface area contributed by atoms with Gasteiger partial charge < -0.3 is 9.64 Å². The number of aromatic nitrogens is 1. The fraction of sp³-hybridized carbons (Fsp3) is 0.294. The van der Waals surface area contributed by atoms with E-state index in [0.29, 0.717) is 6.42 Å². The molecule has 0 saturated carbocycles. The summed E-state index contributed by atoms with van der Waals surface area (Å²) in [5, 5.41) is 8.66. The van der Waals surface area contributed by atoms with Crippen molar-refractivity contribution in [3.63, 3.8) is 0 Å². The summed E-state index contributed by atoms with van der Waals surface area (Å²) in [5.74, 6) is 0. The Morgan fingerprint density at radius 2 is 1.76 bits per heavy atom. The quantitative estimate of drug-likeness (QED) is 0.866. The molecular formula is C17H17N3O. The first-order valence-corrected chi connectivity index (χ1v) is 7.12. The molecule has 4 heteroatoms. The van der Waals surface area contributed by atoms with Gasteiger partial charge in [0.2, 0.25) is 0 Å². The van der Waals surface area contributed by atoms with Crippen LogP contribution in [0.4, 0.5) is 5.69 Å². The largest absolute Gasteiger partial charge is 0.378 e. The lowest BCUT2D eigenvalue weighted by atomic mass is 10.1. The summed E-state index contributed by atoms with van der Waals surface area (Å²) in [6.07, 6.45) is 2.19. The summed E-state index contributed by atoms with van der Waals surface area (Å²) in [4.78, 5) is 6.64. The molecule has 0 spiro atoms. The second-order valence-corrected chi connectivity index (χ2v) is 5.02. The standard InChI is InChI=1S/C17H17N3O/c18-8-7-16-4-1-15(13-19-16)14-2-5-17(6-3-14)20-9-11-21-12-10-20/h1-6,13H,7,9-12H2. The average molecular weight is 279 g/mol. The molecule has 0 amide bonds. The van der Waals surface area contributed by atoms with Crippen molar-refractivity contribution in [2.45, 2.75) is 6.42 Å². The predicted molar refractivity (Wildman–Crippen MR) is 82.0 cm³/mol.